The molecular formula is C7H13IO. The Bertz CT molecular complexity index is 77.0. The molecular weight excluding hydrogens is 227 g/mol. The van der Waals surface area contributed by atoms with Gasteiger partial charge in [0.1, 0.15) is 4.11 Å². The maximum Gasteiger partial charge on any atom is 0.106 e. The van der Waals surface area contributed by atoms with Crippen molar-refractivity contribution in [3.63, 3.8) is 0 Å². The zero-order valence-corrected chi connectivity index (χ0v) is 7.93. The third kappa shape index (κ3) is 2.85. The first-order chi connectivity index (χ1) is 4.29. The van der Waals surface area contributed by atoms with E-state index < -0.39 is 0 Å². The summed E-state index contributed by atoms with van der Waals surface area (Å²) in [7, 11) is 0. The summed E-state index contributed by atoms with van der Waals surface area (Å²) >= 11 is 2.31. The SMILES string of the molecule is CC(I)OC1CCCC1. The van der Waals surface area contributed by atoms with Crippen molar-refractivity contribution in [2.75, 3.05) is 0 Å². The van der Waals surface area contributed by atoms with Gasteiger partial charge in [0.25, 0.3) is 0 Å². The molecule has 1 nitrogen and oxygen atoms in total. The van der Waals surface area contributed by atoms with Gasteiger partial charge in [-0.05, 0) is 19.8 Å². The summed E-state index contributed by atoms with van der Waals surface area (Å²) in [5.74, 6) is 0. The topological polar surface area (TPSA) is 9.23 Å². The third-order valence-corrected chi connectivity index (χ3v) is 1.98. The summed E-state index contributed by atoms with van der Waals surface area (Å²) in [5, 5.41) is 0. The van der Waals surface area contributed by atoms with E-state index in [9.17, 15) is 0 Å². The normalized spacial score (nSPS) is 24.7. The third-order valence-electron chi connectivity index (χ3n) is 1.68. The molecule has 1 atom stereocenters. The summed E-state index contributed by atoms with van der Waals surface area (Å²) in [5.41, 5.74) is 0. The Morgan fingerprint density at radius 2 is 2.00 bits per heavy atom. The van der Waals surface area contributed by atoms with E-state index in [1.165, 1.54) is 25.7 Å². The molecule has 0 heterocycles. The number of halogens is 1. The Labute approximate surface area is 70.3 Å². The summed E-state index contributed by atoms with van der Waals surface area (Å²) in [4.78, 5) is 0. The molecule has 1 fully saturated rings. The molecule has 54 valence electrons. The second kappa shape index (κ2) is 3.76. The lowest BCUT2D eigenvalue weighted by Crippen LogP contribution is -2.11. The van der Waals surface area contributed by atoms with Crippen molar-refractivity contribution in [2.45, 2.75) is 42.8 Å². The van der Waals surface area contributed by atoms with Gasteiger partial charge in [-0.2, -0.15) is 0 Å². The fourth-order valence-electron chi connectivity index (χ4n) is 1.29. The van der Waals surface area contributed by atoms with Crippen LogP contribution in [0.15, 0.2) is 0 Å². The highest BCUT2D eigenvalue weighted by atomic mass is 127. The van der Waals surface area contributed by atoms with Gasteiger partial charge in [0.2, 0.25) is 0 Å². The average molecular weight is 240 g/mol. The van der Waals surface area contributed by atoms with Gasteiger partial charge in [-0.15, -0.1) is 0 Å². The van der Waals surface area contributed by atoms with Crippen molar-refractivity contribution < 1.29 is 4.74 Å². The van der Waals surface area contributed by atoms with E-state index in [0.717, 1.165) is 0 Å². The van der Waals surface area contributed by atoms with Crippen LogP contribution in [-0.4, -0.2) is 10.2 Å². The monoisotopic (exact) mass is 240 g/mol. The summed E-state index contributed by atoms with van der Waals surface area (Å²) in [6.45, 7) is 2.10. The molecule has 1 aliphatic carbocycles. The van der Waals surface area contributed by atoms with Crippen LogP contribution in [0.5, 0.6) is 0 Å². The molecule has 0 saturated heterocycles. The number of ether oxygens (including phenoxy) is 1. The van der Waals surface area contributed by atoms with Crippen LogP contribution in [0.3, 0.4) is 0 Å². The van der Waals surface area contributed by atoms with Gasteiger partial charge in [-0.25, -0.2) is 0 Å². The highest BCUT2D eigenvalue weighted by Gasteiger charge is 2.16. The fourth-order valence-corrected chi connectivity index (χ4v) is 1.70. The predicted molar refractivity (Wildman–Crippen MR) is 46.8 cm³/mol. The van der Waals surface area contributed by atoms with E-state index in [-0.39, 0.29) is 0 Å². The minimum absolute atomic E-state index is 0.394. The molecule has 0 radical (unpaired) electrons. The Balaban J connectivity index is 2.11. The molecule has 0 aromatic heterocycles. The van der Waals surface area contributed by atoms with Gasteiger partial charge in [0, 0.05) is 0 Å². The van der Waals surface area contributed by atoms with Crippen LogP contribution >= 0.6 is 22.6 Å². The first-order valence-corrected chi connectivity index (χ1v) is 4.83. The van der Waals surface area contributed by atoms with Gasteiger partial charge in [-0.1, -0.05) is 35.4 Å². The Kier molecular flexibility index (Phi) is 3.26. The van der Waals surface area contributed by atoms with E-state index in [2.05, 4.69) is 29.5 Å². The van der Waals surface area contributed by atoms with Gasteiger partial charge in [0.05, 0.1) is 6.10 Å². The standard InChI is InChI=1S/C7H13IO/c1-6(8)9-7-4-2-3-5-7/h6-7H,2-5H2,1H3. The van der Waals surface area contributed by atoms with Crippen molar-refractivity contribution >= 4 is 22.6 Å². The molecule has 0 spiro atoms. The number of alkyl halides is 1. The maximum atomic E-state index is 5.60. The van der Waals surface area contributed by atoms with Crippen LogP contribution in [-0.2, 0) is 4.74 Å². The van der Waals surface area contributed by atoms with Crippen LogP contribution in [0.2, 0.25) is 0 Å². The van der Waals surface area contributed by atoms with E-state index in [4.69, 9.17) is 4.74 Å². The quantitative estimate of drug-likeness (QED) is 0.532. The van der Waals surface area contributed by atoms with E-state index in [1.807, 2.05) is 0 Å². The molecule has 9 heavy (non-hydrogen) atoms. The Morgan fingerprint density at radius 3 is 2.44 bits per heavy atom. The Hall–Kier alpha value is 0.690. The Morgan fingerprint density at radius 1 is 1.44 bits per heavy atom. The molecule has 0 aliphatic heterocycles. The van der Waals surface area contributed by atoms with Crippen LogP contribution < -0.4 is 0 Å². The van der Waals surface area contributed by atoms with E-state index in [1.54, 1.807) is 0 Å². The molecule has 0 amide bonds. The van der Waals surface area contributed by atoms with Gasteiger partial charge in [-0.3, -0.25) is 0 Å². The number of hydrogen-bond acceptors (Lipinski definition) is 1. The second-order valence-electron chi connectivity index (χ2n) is 2.59. The average Bonchev–Trinajstić information content (AvgIpc) is 2.15. The molecule has 0 bridgehead atoms. The molecule has 0 aromatic rings. The van der Waals surface area contributed by atoms with Gasteiger partial charge >= 0.3 is 0 Å². The van der Waals surface area contributed by atoms with Crippen molar-refractivity contribution in [1.29, 1.82) is 0 Å². The van der Waals surface area contributed by atoms with E-state index >= 15 is 0 Å². The smallest absolute Gasteiger partial charge is 0.106 e. The first kappa shape index (κ1) is 7.79. The highest BCUT2D eigenvalue weighted by Crippen LogP contribution is 2.23. The molecule has 0 N–H and O–H groups in total. The van der Waals surface area contributed by atoms with Crippen molar-refractivity contribution in [1.82, 2.24) is 0 Å². The van der Waals surface area contributed by atoms with Gasteiger partial charge in [0.15, 0.2) is 0 Å². The minimum atomic E-state index is 0.394. The first-order valence-electron chi connectivity index (χ1n) is 3.58. The van der Waals surface area contributed by atoms with Gasteiger partial charge < -0.3 is 4.74 Å². The van der Waals surface area contributed by atoms with Crippen LogP contribution in [0, 0.1) is 0 Å². The summed E-state index contributed by atoms with van der Waals surface area (Å²) in [6.07, 6.45) is 5.89. The van der Waals surface area contributed by atoms with E-state index in [0.29, 0.717) is 10.2 Å². The molecule has 1 aliphatic rings. The van der Waals surface area contributed by atoms with Crippen LogP contribution in [0.4, 0.5) is 0 Å². The van der Waals surface area contributed by atoms with Crippen molar-refractivity contribution in [3.05, 3.63) is 0 Å². The lowest BCUT2D eigenvalue weighted by Gasteiger charge is -2.12. The molecule has 1 rings (SSSR count). The zero-order chi connectivity index (χ0) is 6.69. The maximum absolute atomic E-state index is 5.60. The lowest BCUT2D eigenvalue weighted by atomic mass is 10.3. The van der Waals surface area contributed by atoms with Crippen LogP contribution in [0.25, 0.3) is 0 Å². The van der Waals surface area contributed by atoms with Crippen molar-refractivity contribution in [3.8, 4) is 0 Å². The fraction of sp³-hybridized carbons (Fsp3) is 1.00. The largest absolute Gasteiger partial charge is 0.365 e. The second-order valence-corrected chi connectivity index (χ2v) is 4.34. The molecule has 0 aromatic carbocycles. The molecule has 1 saturated carbocycles. The lowest BCUT2D eigenvalue weighted by molar-refractivity contribution is 0.0576. The van der Waals surface area contributed by atoms with Crippen molar-refractivity contribution in [2.24, 2.45) is 0 Å². The number of rotatable bonds is 2. The molecule has 1 unspecified atom stereocenters. The van der Waals surface area contributed by atoms with Crippen LogP contribution in [0.1, 0.15) is 32.6 Å². The summed E-state index contributed by atoms with van der Waals surface area (Å²) in [6, 6.07) is 0. The highest BCUT2D eigenvalue weighted by molar-refractivity contribution is 14.1. The minimum Gasteiger partial charge on any atom is -0.365 e. The number of hydrogen-bond donors (Lipinski definition) is 0. The zero-order valence-electron chi connectivity index (χ0n) is 5.77. The predicted octanol–water partition coefficient (Wildman–Crippen LogP) is 2.73. The summed E-state index contributed by atoms with van der Waals surface area (Å²) < 4.78 is 5.99. The molecule has 2 heteroatoms.